The van der Waals surface area contributed by atoms with Gasteiger partial charge in [-0.25, -0.2) is 9.59 Å². The summed E-state index contributed by atoms with van der Waals surface area (Å²) >= 11 is 0. The molecule has 2 N–H and O–H groups in total. The minimum atomic E-state index is -1.82. The van der Waals surface area contributed by atoms with Gasteiger partial charge in [0, 0.05) is 11.9 Å². The van der Waals surface area contributed by atoms with Crippen molar-refractivity contribution in [3.05, 3.63) is 0 Å². The van der Waals surface area contributed by atoms with Crippen molar-refractivity contribution >= 4 is 23.9 Å². The minimum absolute atomic E-state index is 0. The van der Waals surface area contributed by atoms with Crippen molar-refractivity contribution in [3.63, 3.8) is 0 Å². The zero-order valence-electron chi connectivity index (χ0n) is 8.05. The second-order valence-electron chi connectivity index (χ2n) is 1.59. The number of carbonyl (C=O) groups is 4. The van der Waals surface area contributed by atoms with Crippen LogP contribution in [0.15, 0.2) is 0 Å². The van der Waals surface area contributed by atoms with Gasteiger partial charge in [0.1, 0.15) is 0 Å². The molecule has 0 aromatic carbocycles. The van der Waals surface area contributed by atoms with Gasteiger partial charge in [-0.2, -0.15) is 0 Å². The standard InChI is InChI=1S/C2H2O4.2C2H4O2.Zn/c3-1(4)2(5)6;2*1-2(3)4;/h(H,3,4)(H,5,6);2*1H3,(H,3,4);/q;;;+2/p-2. The fourth-order valence-electron chi connectivity index (χ4n) is 0. The summed E-state index contributed by atoms with van der Waals surface area (Å²) in [6, 6.07) is 0. The summed E-state index contributed by atoms with van der Waals surface area (Å²) in [4.78, 5) is 36.0. The van der Waals surface area contributed by atoms with Crippen LogP contribution in [0.1, 0.15) is 13.8 Å². The van der Waals surface area contributed by atoms with Gasteiger partial charge in [0.2, 0.25) is 0 Å². The van der Waals surface area contributed by atoms with Crippen molar-refractivity contribution in [3.8, 4) is 0 Å². The molecule has 8 nitrogen and oxygen atoms in total. The van der Waals surface area contributed by atoms with Gasteiger partial charge in [-0.3, -0.25) is 0 Å². The third-order valence-corrected chi connectivity index (χ3v) is 0.183. The molecule has 0 atom stereocenters. The van der Waals surface area contributed by atoms with Crippen LogP contribution in [0.25, 0.3) is 0 Å². The topological polar surface area (TPSA) is 155 Å². The van der Waals surface area contributed by atoms with Crippen LogP contribution in [0, 0.1) is 0 Å². The van der Waals surface area contributed by atoms with Gasteiger partial charge in [-0.05, 0) is 13.8 Å². The fraction of sp³-hybridized carbons (Fsp3) is 0.333. The number of carboxylic acid groups (broad SMARTS) is 4. The average Bonchev–Trinajstić information content (AvgIpc) is 1.83. The van der Waals surface area contributed by atoms with Gasteiger partial charge in [0.25, 0.3) is 0 Å². The Balaban J connectivity index is -0.0000000606. The Morgan fingerprint density at radius 2 is 0.867 bits per heavy atom. The summed E-state index contributed by atoms with van der Waals surface area (Å²) in [5, 5.41) is 32.6. The second kappa shape index (κ2) is 15.0. The molecule has 15 heavy (non-hydrogen) atoms. The molecule has 0 heterocycles. The molecule has 0 radical (unpaired) electrons. The van der Waals surface area contributed by atoms with Gasteiger partial charge < -0.3 is 30.0 Å². The van der Waals surface area contributed by atoms with E-state index in [1.165, 1.54) is 0 Å². The molecular weight excluding hydrogens is 265 g/mol. The molecule has 0 aliphatic heterocycles. The zero-order valence-corrected chi connectivity index (χ0v) is 11.0. The van der Waals surface area contributed by atoms with Crippen molar-refractivity contribution in [1.82, 2.24) is 0 Å². The first-order valence-electron chi connectivity index (χ1n) is 2.92. The Morgan fingerprint density at radius 3 is 0.867 bits per heavy atom. The molecule has 0 unspecified atom stereocenters. The maximum atomic E-state index is 9.10. The van der Waals surface area contributed by atoms with E-state index in [0.717, 1.165) is 13.8 Å². The van der Waals surface area contributed by atoms with Crippen LogP contribution in [0.3, 0.4) is 0 Å². The number of carboxylic acids is 4. The molecule has 0 rings (SSSR count). The van der Waals surface area contributed by atoms with E-state index in [1.807, 2.05) is 0 Å². The predicted molar refractivity (Wildman–Crippen MR) is 36.6 cm³/mol. The summed E-state index contributed by atoms with van der Waals surface area (Å²) in [6.07, 6.45) is 0. The normalized spacial score (nSPS) is 6.27. The summed E-state index contributed by atoms with van der Waals surface area (Å²) in [5.41, 5.74) is 0. The fourth-order valence-corrected chi connectivity index (χ4v) is 0. The summed E-state index contributed by atoms with van der Waals surface area (Å²) < 4.78 is 0. The van der Waals surface area contributed by atoms with E-state index in [1.54, 1.807) is 0 Å². The minimum Gasteiger partial charge on any atom is -0.550 e. The van der Waals surface area contributed by atoms with Crippen LogP contribution in [0.2, 0.25) is 0 Å². The number of aliphatic carboxylic acids is 4. The third kappa shape index (κ3) is 220. The van der Waals surface area contributed by atoms with Crippen LogP contribution < -0.4 is 10.2 Å². The monoisotopic (exact) mass is 272 g/mol. The summed E-state index contributed by atoms with van der Waals surface area (Å²) in [5.74, 6) is -5.81. The van der Waals surface area contributed by atoms with E-state index in [0.29, 0.717) is 0 Å². The molecule has 0 aliphatic rings. The molecule has 82 valence electrons. The number of hydrogen-bond acceptors (Lipinski definition) is 6. The molecule has 0 spiro atoms. The van der Waals surface area contributed by atoms with Gasteiger partial charge >= 0.3 is 31.4 Å². The predicted octanol–water partition coefficient (Wildman–Crippen LogP) is -3.33. The molecule has 0 aliphatic carbocycles. The number of carbonyl (C=O) groups excluding carboxylic acids is 2. The van der Waals surface area contributed by atoms with E-state index < -0.39 is 23.9 Å². The summed E-state index contributed by atoms with van der Waals surface area (Å²) in [7, 11) is 0. The van der Waals surface area contributed by atoms with Gasteiger partial charge in [-0.15, -0.1) is 0 Å². The van der Waals surface area contributed by atoms with Crippen LogP contribution in [0.5, 0.6) is 0 Å². The van der Waals surface area contributed by atoms with Crippen molar-refractivity contribution in [2.45, 2.75) is 13.8 Å². The van der Waals surface area contributed by atoms with Gasteiger partial charge in [0.15, 0.2) is 0 Å². The second-order valence-corrected chi connectivity index (χ2v) is 1.59. The summed E-state index contributed by atoms with van der Waals surface area (Å²) in [6.45, 7) is 1.94. The molecule has 0 amide bonds. The largest absolute Gasteiger partial charge is 2.00 e. The molecule has 0 saturated heterocycles. The Kier molecular flexibility index (Phi) is 23.4. The Morgan fingerprint density at radius 1 is 0.800 bits per heavy atom. The quantitative estimate of drug-likeness (QED) is 0.343. The first kappa shape index (κ1) is 23.4. The van der Waals surface area contributed by atoms with Crippen LogP contribution >= 0.6 is 0 Å². The molecule has 9 heteroatoms. The van der Waals surface area contributed by atoms with E-state index in [-0.39, 0.29) is 19.5 Å². The zero-order chi connectivity index (χ0) is 12.3. The molecule has 0 aromatic heterocycles. The van der Waals surface area contributed by atoms with Crippen molar-refractivity contribution < 1.29 is 59.1 Å². The third-order valence-electron chi connectivity index (χ3n) is 0.183. The smallest absolute Gasteiger partial charge is 0.550 e. The van der Waals surface area contributed by atoms with Crippen molar-refractivity contribution in [2.75, 3.05) is 0 Å². The molecule has 0 fully saturated rings. The number of rotatable bonds is 0. The van der Waals surface area contributed by atoms with Crippen molar-refractivity contribution in [1.29, 1.82) is 0 Å². The molecule has 0 aromatic rings. The number of hydrogen-bond donors (Lipinski definition) is 2. The van der Waals surface area contributed by atoms with E-state index in [2.05, 4.69) is 0 Å². The van der Waals surface area contributed by atoms with E-state index in [4.69, 9.17) is 39.6 Å². The Labute approximate surface area is 97.3 Å². The molecule has 0 saturated carbocycles. The first-order valence-corrected chi connectivity index (χ1v) is 2.92. The van der Waals surface area contributed by atoms with Gasteiger partial charge in [0.05, 0.1) is 0 Å². The maximum absolute atomic E-state index is 9.10. The van der Waals surface area contributed by atoms with E-state index >= 15 is 0 Å². The van der Waals surface area contributed by atoms with Crippen LogP contribution in [-0.4, -0.2) is 34.1 Å². The Hall–Kier alpha value is -1.50. The maximum Gasteiger partial charge on any atom is 2.00 e. The van der Waals surface area contributed by atoms with Crippen LogP contribution in [-0.2, 0) is 38.7 Å². The van der Waals surface area contributed by atoms with Crippen molar-refractivity contribution in [2.24, 2.45) is 0 Å². The SMILES string of the molecule is CC(=O)[O-].CC(=O)[O-].O=C(O)C(=O)O.[Zn+2]. The first-order chi connectivity index (χ1) is 6.11. The van der Waals surface area contributed by atoms with Crippen LogP contribution in [0.4, 0.5) is 0 Å². The molecular formula is C6H8O8Zn. The Bertz CT molecular complexity index is 191. The molecule has 0 bridgehead atoms. The van der Waals surface area contributed by atoms with Gasteiger partial charge in [-0.1, -0.05) is 0 Å². The average molecular weight is 274 g/mol. The van der Waals surface area contributed by atoms with E-state index in [9.17, 15) is 0 Å².